The highest BCUT2D eigenvalue weighted by atomic mass is 32.1. The smallest absolute Gasteiger partial charge is 0.205 e. The van der Waals surface area contributed by atoms with Crippen LogP contribution in [0.2, 0.25) is 0 Å². The average molecular weight is 341 g/mol. The molecule has 0 spiro atoms. The zero-order valence-electron chi connectivity index (χ0n) is 13.3. The van der Waals surface area contributed by atoms with Crippen LogP contribution in [0.25, 0.3) is 11.1 Å². The molecule has 122 valence electrons. The SMILES string of the molecule is CNc1cccc(-c2c(OC)ccc(C(=O)c3cccs3)c2F)c1. The molecule has 3 aromatic rings. The van der Waals surface area contributed by atoms with Gasteiger partial charge < -0.3 is 10.1 Å². The molecule has 5 heteroatoms. The second-order valence-corrected chi connectivity index (χ2v) is 6.09. The molecule has 1 N–H and O–H groups in total. The van der Waals surface area contributed by atoms with Gasteiger partial charge in [-0.15, -0.1) is 11.3 Å². The van der Waals surface area contributed by atoms with E-state index in [0.29, 0.717) is 16.2 Å². The molecule has 0 aliphatic rings. The Hall–Kier alpha value is -2.66. The van der Waals surface area contributed by atoms with E-state index in [1.165, 1.54) is 24.5 Å². The van der Waals surface area contributed by atoms with Crippen molar-refractivity contribution in [1.82, 2.24) is 0 Å². The monoisotopic (exact) mass is 341 g/mol. The van der Waals surface area contributed by atoms with Crippen molar-refractivity contribution in [3.63, 3.8) is 0 Å². The molecule has 0 aliphatic heterocycles. The molecule has 0 saturated heterocycles. The second kappa shape index (κ2) is 6.84. The van der Waals surface area contributed by atoms with Crippen LogP contribution in [0.5, 0.6) is 5.75 Å². The van der Waals surface area contributed by atoms with Gasteiger partial charge in [0.05, 0.1) is 23.1 Å². The summed E-state index contributed by atoms with van der Waals surface area (Å²) in [7, 11) is 3.28. The number of rotatable bonds is 5. The third-order valence-corrected chi connectivity index (χ3v) is 4.62. The van der Waals surface area contributed by atoms with Gasteiger partial charge in [0, 0.05) is 12.7 Å². The second-order valence-electron chi connectivity index (χ2n) is 5.14. The average Bonchev–Trinajstić information content (AvgIpc) is 3.15. The molecule has 2 aromatic carbocycles. The lowest BCUT2D eigenvalue weighted by Gasteiger charge is -2.13. The Morgan fingerprint density at radius 2 is 2.00 bits per heavy atom. The van der Waals surface area contributed by atoms with Gasteiger partial charge in [-0.2, -0.15) is 0 Å². The fraction of sp³-hybridized carbons (Fsp3) is 0.105. The molecule has 3 rings (SSSR count). The lowest BCUT2D eigenvalue weighted by atomic mass is 9.98. The first-order valence-electron chi connectivity index (χ1n) is 7.38. The number of ether oxygens (including phenoxy) is 1. The summed E-state index contributed by atoms with van der Waals surface area (Å²) in [5, 5.41) is 4.82. The van der Waals surface area contributed by atoms with E-state index in [-0.39, 0.29) is 16.9 Å². The van der Waals surface area contributed by atoms with Crippen molar-refractivity contribution in [1.29, 1.82) is 0 Å². The highest BCUT2D eigenvalue weighted by Gasteiger charge is 2.21. The first-order valence-corrected chi connectivity index (χ1v) is 8.26. The van der Waals surface area contributed by atoms with Crippen molar-refractivity contribution < 1.29 is 13.9 Å². The van der Waals surface area contributed by atoms with Gasteiger partial charge in [0.1, 0.15) is 11.6 Å². The summed E-state index contributed by atoms with van der Waals surface area (Å²) in [6.07, 6.45) is 0. The van der Waals surface area contributed by atoms with E-state index in [1.807, 2.05) is 18.2 Å². The number of halogens is 1. The van der Waals surface area contributed by atoms with Crippen molar-refractivity contribution in [2.75, 3.05) is 19.5 Å². The quantitative estimate of drug-likeness (QED) is 0.675. The van der Waals surface area contributed by atoms with Crippen molar-refractivity contribution in [3.05, 3.63) is 70.2 Å². The van der Waals surface area contributed by atoms with Crippen LogP contribution >= 0.6 is 11.3 Å². The van der Waals surface area contributed by atoms with Crippen LogP contribution in [0.1, 0.15) is 15.2 Å². The van der Waals surface area contributed by atoms with Gasteiger partial charge >= 0.3 is 0 Å². The molecule has 0 bridgehead atoms. The van der Waals surface area contributed by atoms with Crippen molar-refractivity contribution >= 4 is 22.8 Å². The molecule has 0 atom stereocenters. The molecule has 1 aromatic heterocycles. The standard InChI is InChI=1S/C19H16FNO2S/c1-21-13-6-3-5-12(11-13)17-15(23-2)9-8-14(18(17)20)19(22)16-7-4-10-24-16/h3-11,21H,1-2H3. The number of thiophene rings is 1. The molecule has 0 amide bonds. The molecular weight excluding hydrogens is 325 g/mol. The minimum atomic E-state index is -0.569. The first kappa shape index (κ1) is 16.2. The summed E-state index contributed by atoms with van der Waals surface area (Å²) in [4.78, 5) is 13.1. The van der Waals surface area contributed by atoms with Crippen LogP contribution in [0.15, 0.2) is 53.9 Å². The molecule has 0 saturated carbocycles. The number of hydrogen-bond acceptors (Lipinski definition) is 4. The zero-order chi connectivity index (χ0) is 17.1. The summed E-state index contributed by atoms with van der Waals surface area (Å²) in [6.45, 7) is 0. The molecule has 1 heterocycles. The Kier molecular flexibility index (Phi) is 4.62. The van der Waals surface area contributed by atoms with E-state index in [9.17, 15) is 4.79 Å². The minimum absolute atomic E-state index is 0.0445. The van der Waals surface area contributed by atoms with Crippen LogP contribution in [0, 0.1) is 5.82 Å². The number of nitrogens with one attached hydrogen (secondary N) is 1. The van der Waals surface area contributed by atoms with Crippen LogP contribution in [0.3, 0.4) is 0 Å². The van der Waals surface area contributed by atoms with Gasteiger partial charge in [-0.25, -0.2) is 4.39 Å². The van der Waals surface area contributed by atoms with Crippen molar-refractivity contribution in [2.45, 2.75) is 0 Å². The topological polar surface area (TPSA) is 38.3 Å². The number of ketones is 1. The van der Waals surface area contributed by atoms with Crippen molar-refractivity contribution in [2.24, 2.45) is 0 Å². The molecule has 0 radical (unpaired) electrons. The molecule has 24 heavy (non-hydrogen) atoms. The number of methoxy groups -OCH3 is 1. The Labute approximate surface area is 143 Å². The number of benzene rings is 2. The maximum atomic E-state index is 15.2. The maximum Gasteiger partial charge on any atom is 0.205 e. The van der Waals surface area contributed by atoms with E-state index < -0.39 is 5.82 Å². The summed E-state index contributed by atoms with van der Waals surface area (Å²) >= 11 is 1.29. The molecular formula is C19H16FNO2S. The van der Waals surface area contributed by atoms with E-state index in [0.717, 1.165) is 5.69 Å². The van der Waals surface area contributed by atoms with Gasteiger partial charge in [0.15, 0.2) is 0 Å². The molecule has 0 aliphatic carbocycles. The third-order valence-electron chi connectivity index (χ3n) is 3.75. The predicted molar refractivity (Wildman–Crippen MR) is 95.7 cm³/mol. The summed E-state index contributed by atoms with van der Waals surface area (Å²) in [5.41, 5.74) is 1.83. The molecule has 0 unspecified atom stereocenters. The maximum absolute atomic E-state index is 15.2. The van der Waals surface area contributed by atoms with Crippen LogP contribution < -0.4 is 10.1 Å². The number of hydrogen-bond donors (Lipinski definition) is 1. The molecule has 0 fully saturated rings. The zero-order valence-corrected chi connectivity index (χ0v) is 14.1. The fourth-order valence-corrected chi connectivity index (χ4v) is 3.22. The van der Waals surface area contributed by atoms with Gasteiger partial charge in [0.25, 0.3) is 0 Å². The lowest BCUT2D eigenvalue weighted by Crippen LogP contribution is -2.05. The number of anilines is 1. The highest BCUT2D eigenvalue weighted by molar-refractivity contribution is 7.12. The fourth-order valence-electron chi connectivity index (χ4n) is 2.54. The Morgan fingerprint density at radius 1 is 1.17 bits per heavy atom. The van der Waals surface area contributed by atoms with Crippen LogP contribution in [-0.4, -0.2) is 19.9 Å². The van der Waals surface area contributed by atoms with Crippen LogP contribution in [0.4, 0.5) is 10.1 Å². The van der Waals surface area contributed by atoms with E-state index >= 15 is 4.39 Å². The van der Waals surface area contributed by atoms with Gasteiger partial charge in [-0.1, -0.05) is 18.2 Å². The Balaban J connectivity index is 2.17. The Morgan fingerprint density at radius 3 is 2.67 bits per heavy atom. The summed E-state index contributed by atoms with van der Waals surface area (Å²) in [5.74, 6) is -0.499. The summed E-state index contributed by atoms with van der Waals surface area (Å²) < 4.78 is 20.5. The van der Waals surface area contributed by atoms with Gasteiger partial charge in [0.2, 0.25) is 5.78 Å². The molecule has 3 nitrogen and oxygen atoms in total. The Bertz CT molecular complexity index is 875. The minimum Gasteiger partial charge on any atom is -0.496 e. The largest absolute Gasteiger partial charge is 0.496 e. The van der Waals surface area contributed by atoms with Crippen LogP contribution in [-0.2, 0) is 0 Å². The summed E-state index contributed by atoms with van der Waals surface area (Å²) in [6, 6.07) is 13.9. The van der Waals surface area contributed by atoms with E-state index in [4.69, 9.17) is 4.74 Å². The first-order chi connectivity index (χ1) is 11.7. The van der Waals surface area contributed by atoms with E-state index in [2.05, 4.69) is 5.32 Å². The van der Waals surface area contributed by atoms with E-state index in [1.54, 1.807) is 36.7 Å². The van der Waals surface area contributed by atoms with Gasteiger partial charge in [-0.3, -0.25) is 4.79 Å². The third kappa shape index (κ3) is 2.90. The number of carbonyl (C=O) groups is 1. The normalized spacial score (nSPS) is 10.5. The van der Waals surface area contributed by atoms with Gasteiger partial charge in [-0.05, 0) is 41.3 Å². The predicted octanol–water partition coefficient (Wildman–Crippen LogP) is 4.84. The lowest BCUT2D eigenvalue weighted by molar-refractivity contribution is 0.103. The van der Waals surface area contributed by atoms with Crippen molar-refractivity contribution in [3.8, 4) is 16.9 Å². The number of carbonyl (C=O) groups excluding carboxylic acids is 1. The highest BCUT2D eigenvalue weighted by Crippen LogP contribution is 2.36.